The molecule has 0 fully saturated rings. The van der Waals surface area contributed by atoms with E-state index in [0.29, 0.717) is 16.9 Å². The number of benzene rings is 3. The molecule has 3 aromatic rings. The van der Waals surface area contributed by atoms with E-state index in [-0.39, 0.29) is 11.4 Å². The molecular formula is C19H14F4N2. The van der Waals surface area contributed by atoms with Gasteiger partial charge in [-0.25, -0.2) is 17.6 Å². The zero-order valence-electron chi connectivity index (χ0n) is 13.2. The molecule has 0 aliphatic carbocycles. The number of hydrogen-bond donors (Lipinski definition) is 2. The van der Waals surface area contributed by atoms with Gasteiger partial charge in [-0.1, -0.05) is 18.2 Å². The van der Waals surface area contributed by atoms with Crippen LogP contribution in [0, 0.1) is 30.2 Å². The monoisotopic (exact) mass is 346 g/mol. The van der Waals surface area contributed by atoms with Crippen molar-refractivity contribution in [3.63, 3.8) is 0 Å². The summed E-state index contributed by atoms with van der Waals surface area (Å²) in [7, 11) is 0. The molecule has 2 N–H and O–H groups in total. The highest BCUT2D eigenvalue weighted by Crippen LogP contribution is 2.32. The van der Waals surface area contributed by atoms with Gasteiger partial charge in [0.15, 0.2) is 0 Å². The van der Waals surface area contributed by atoms with E-state index in [1.165, 1.54) is 12.1 Å². The Morgan fingerprint density at radius 3 is 1.24 bits per heavy atom. The number of anilines is 4. The summed E-state index contributed by atoms with van der Waals surface area (Å²) in [6.45, 7) is 1.67. The van der Waals surface area contributed by atoms with E-state index in [2.05, 4.69) is 10.6 Å². The van der Waals surface area contributed by atoms with E-state index in [4.69, 9.17) is 0 Å². The van der Waals surface area contributed by atoms with Gasteiger partial charge in [0.1, 0.15) is 34.6 Å². The summed E-state index contributed by atoms with van der Waals surface area (Å²) in [5.41, 5.74) is 0.781. The van der Waals surface area contributed by atoms with Crippen molar-refractivity contribution >= 4 is 22.7 Å². The molecule has 0 heterocycles. The SMILES string of the molecule is Cc1c(Nc2c(F)cccc2F)cccc1Nc1c(F)cccc1F. The molecule has 0 unspecified atom stereocenters. The third-order valence-corrected chi connectivity index (χ3v) is 3.78. The van der Waals surface area contributed by atoms with Crippen molar-refractivity contribution in [2.75, 3.05) is 10.6 Å². The average Bonchev–Trinajstić information content (AvgIpc) is 2.57. The third-order valence-electron chi connectivity index (χ3n) is 3.78. The molecule has 0 radical (unpaired) electrons. The van der Waals surface area contributed by atoms with Gasteiger partial charge in [0.25, 0.3) is 0 Å². The summed E-state index contributed by atoms with van der Waals surface area (Å²) in [4.78, 5) is 0. The maximum absolute atomic E-state index is 13.8. The van der Waals surface area contributed by atoms with Crippen molar-refractivity contribution in [1.82, 2.24) is 0 Å². The van der Waals surface area contributed by atoms with Gasteiger partial charge in [-0.3, -0.25) is 0 Å². The first-order chi connectivity index (χ1) is 12.0. The Hall–Kier alpha value is -3.02. The van der Waals surface area contributed by atoms with Gasteiger partial charge in [0.05, 0.1) is 0 Å². The molecule has 0 aliphatic rings. The Balaban J connectivity index is 1.96. The van der Waals surface area contributed by atoms with Crippen molar-refractivity contribution < 1.29 is 17.6 Å². The first-order valence-electron chi connectivity index (χ1n) is 7.49. The molecule has 0 bridgehead atoms. The molecule has 6 heteroatoms. The van der Waals surface area contributed by atoms with E-state index in [1.54, 1.807) is 25.1 Å². The molecule has 3 rings (SSSR count). The van der Waals surface area contributed by atoms with Crippen LogP contribution in [0.1, 0.15) is 5.56 Å². The molecule has 0 aromatic heterocycles. The van der Waals surface area contributed by atoms with E-state index in [1.807, 2.05) is 0 Å². The standard InChI is InChI=1S/C19H14F4N2/c1-11-16(24-18-12(20)5-2-6-13(18)21)9-4-10-17(11)25-19-14(22)7-3-8-15(19)23/h2-10,24-25H,1H3. The Morgan fingerprint density at radius 1 is 0.560 bits per heavy atom. The first-order valence-corrected chi connectivity index (χ1v) is 7.49. The zero-order valence-corrected chi connectivity index (χ0v) is 13.2. The van der Waals surface area contributed by atoms with Gasteiger partial charge in [0.2, 0.25) is 0 Å². The maximum Gasteiger partial charge on any atom is 0.149 e. The molecule has 2 nitrogen and oxygen atoms in total. The number of rotatable bonds is 4. The topological polar surface area (TPSA) is 24.1 Å². The van der Waals surface area contributed by atoms with Crippen LogP contribution < -0.4 is 10.6 Å². The molecule has 0 saturated heterocycles. The van der Waals surface area contributed by atoms with Gasteiger partial charge in [-0.05, 0) is 48.9 Å². The molecular weight excluding hydrogens is 332 g/mol. The lowest BCUT2D eigenvalue weighted by Gasteiger charge is -2.16. The van der Waals surface area contributed by atoms with Gasteiger partial charge in [0, 0.05) is 11.4 Å². The van der Waals surface area contributed by atoms with Gasteiger partial charge >= 0.3 is 0 Å². The van der Waals surface area contributed by atoms with Crippen LogP contribution in [-0.4, -0.2) is 0 Å². The fourth-order valence-electron chi connectivity index (χ4n) is 2.41. The molecule has 128 valence electrons. The molecule has 0 saturated carbocycles. The van der Waals surface area contributed by atoms with Crippen molar-refractivity contribution in [1.29, 1.82) is 0 Å². The van der Waals surface area contributed by atoms with Crippen LogP contribution in [0.25, 0.3) is 0 Å². The third kappa shape index (κ3) is 3.42. The highest BCUT2D eigenvalue weighted by atomic mass is 19.1. The summed E-state index contributed by atoms with van der Waals surface area (Å²) < 4.78 is 55.2. The van der Waals surface area contributed by atoms with Crippen LogP contribution >= 0.6 is 0 Å². The second kappa shape index (κ2) is 6.84. The van der Waals surface area contributed by atoms with Crippen molar-refractivity contribution in [2.45, 2.75) is 6.92 Å². The molecule has 0 aliphatic heterocycles. The number of hydrogen-bond acceptors (Lipinski definition) is 2. The van der Waals surface area contributed by atoms with Gasteiger partial charge in [-0.15, -0.1) is 0 Å². The van der Waals surface area contributed by atoms with Crippen molar-refractivity contribution in [2.24, 2.45) is 0 Å². The van der Waals surface area contributed by atoms with Crippen LogP contribution in [0.4, 0.5) is 40.3 Å². The molecule has 25 heavy (non-hydrogen) atoms. The highest BCUT2D eigenvalue weighted by Gasteiger charge is 2.13. The Labute approximate surface area is 142 Å². The van der Waals surface area contributed by atoms with Crippen molar-refractivity contribution in [3.05, 3.63) is 83.4 Å². The van der Waals surface area contributed by atoms with Crippen LogP contribution in [0.5, 0.6) is 0 Å². The lowest BCUT2D eigenvalue weighted by molar-refractivity contribution is 0.590. The predicted molar refractivity (Wildman–Crippen MR) is 90.5 cm³/mol. The van der Waals surface area contributed by atoms with Crippen LogP contribution in [0.3, 0.4) is 0 Å². The predicted octanol–water partition coefficient (Wildman–Crippen LogP) is 6.04. The van der Waals surface area contributed by atoms with E-state index >= 15 is 0 Å². The molecule has 0 atom stereocenters. The maximum atomic E-state index is 13.8. The molecule has 0 spiro atoms. The second-order valence-corrected chi connectivity index (χ2v) is 5.42. The van der Waals surface area contributed by atoms with E-state index in [0.717, 1.165) is 24.3 Å². The lowest BCUT2D eigenvalue weighted by Crippen LogP contribution is -2.03. The normalized spacial score (nSPS) is 10.6. The van der Waals surface area contributed by atoms with Crippen molar-refractivity contribution in [3.8, 4) is 0 Å². The summed E-state index contributed by atoms with van der Waals surface area (Å²) in [5, 5.41) is 5.37. The Kier molecular flexibility index (Phi) is 4.61. The first kappa shape index (κ1) is 16.8. The van der Waals surface area contributed by atoms with E-state index < -0.39 is 23.3 Å². The zero-order chi connectivity index (χ0) is 18.0. The number of nitrogens with one attached hydrogen (secondary N) is 2. The Bertz CT molecular complexity index is 813. The van der Waals surface area contributed by atoms with Crippen LogP contribution in [-0.2, 0) is 0 Å². The van der Waals surface area contributed by atoms with Gasteiger partial charge < -0.3 is 10.6 Å². The fraction of sp³-hybridized carbons (Fsp3) is 0.0526. The average molecular weight is 346 g/mol. The smallest absolute Gasteiger partial charge is 0.149 e. The Morgan fingerprint density at radius 2 is 0.880 bits per heavy atom. The molecule has 0 amide bonds. The second-order valence-electron chi connectivity index (χ2n) is 5.42. The lowest BCUT2D eigenvalue weighted by atomic mass is 10.1. The number of halogens is 4. The molecule has 3 aromatic carbocycles. The minimum atomic E-state index is -0.738. The van der Waals surface area contributed by atoms with Crippen LogP contribution in [0.2, 0.25) is 0 Å². The van der Waals surface area contributed by atoms with E-state index in [9.17, 15) is 17.6 Å². The highest BCUT2D eigenvalue weighted by molar-refractivity contribution is 5.74. The summed E-state index contributed by atoms with van der Waals surface area (Å²) in [5.74, 6) is -2.95. The number of para-hydroxylation sites is 2. The largest absolute Gasteiger partial charge is 0.350 e. The van der Waals surface area contributed by atoms with Gasteiger partial charge in [-0.2, -0.15) is 0 Å². The summed E-state index contributed by atoms with van der Waals surface area (Å²) in [6, 6.07) is 11.9. The van der Waals surface area contributed by atoms with Crippen LogP contribution in [0.15, 0.2) is 54.6 Å². The fourth-order valence-corrected chi connectivity index (χ4v) is 2.41. The quantitative estimate of drug-likeness (QED) is 0.563. The summed E-state index contributed by atoms with van der Waals surface area (Å²) >= 11 is 0. The minimum absolute atomic E-state index is 0.292. The summed E-state index contributed by atoms with van der Waals surface area (Å²) in [6.07, 6.45) is 0. The minimum Gasteiger partial charge on any atom is -0.350 e.